The zero-order chi connectivity index (χ0) is 15.1. The van der Waals surface area contributed by atoms with Crippen molar-refractivity contribution in [1.29, 1.82) is 0 Å². The first-order valence-corrected chi connectivity index (χ1v) is 7.09. The number of carbonyl (C=O) groups excluding carboxylic acids is 1. The minimum Gasteiger partial charge on any atom is -0.307 e. The molecule has 2 aromatic carbocycles. The van der Waals surface area contributed by atoms with Crippen LogP contribution in [0.5, 0.6) is 0 Å². The van der Waals surface area contributed by atoms with Gasteiger partial charge in [-0.25, -0.2) is 9.59 Å². The van der Waals surface area contributed by atoms with Gasteiger partial charge < -0.3 is 15.3 Å². The van der Waals surface area contributed by atoms with Crippen LogP contribution in [0.15, 0.2) is 47.3 Å². The molecule has 110 valence electrons. The van der Waals surface area contributed by atoms with Crippen LogP contribution in [0.3, 0.4) is 0 Å². The average Bonchev–Trinajstić information content (AvgIpc) is 3.09. The molecule has 2 heterocycles. The summed E-state index contributed by atoms with van der Waals surface area (Å²) < 4.78 is 0. The van der Waals surface area contributed by atoms with E-state index in [2.05, 4.69) is 15.3 Å². The van der Waals surface area contributed by atoms with E-state index in [0.717, 1.165) is 17.6 Å². The largest absolute Gasteiger partial charge is 0.326 e. The second-order valence-corrected chi connectivity index (χ2v) is 5.30. The molecule has 3 aromatic rings. The molecular formula is C16H14N4O2. The van der Waals surface area contributed by atoms with Crippen molar-refractivity contribution in [2.75, 3.05) is 16.8 Å². The lowest BCUT2D eigenvalue weighted by molar-refractivity contribution is 0.257. The second-order valence-electron chi connectivity index (χ2n) is 5.30. The van der Waals surface area contributed by atoms with Crippen molar-refractivity contribution in [2.45, 2.75) is 6.42 Å². The Balaban J connectivity index is 1.60. The molecule has 22 heavy (non-hydrogen) atoms. The van der Waals surface area contributed by atoms with Crippen LogP contribution in [0.2, 0.25) is 0 Å². The van der Waals surface area contributed by atoms with Gasteiger partial charge in [0, 0.05) is 17.9 Å². The molecule has 6 heteroatoms. The Morgan fingerprint density at radius 2 is 1.91 bits per heavy atom. The van der Waals surface area contributed by atoms with Crippen molar-refractivity contribution < 1.29 is 4.79 Å². The van der Waals surface area contributed by atoms with E-state index in [4.69, 9.17) is 0 Å². The highest BCUT2D eigenvalue weighted by Crippen LogP contribution is 2.28. The van der Waals surface area contributed by atoms with Gasteiger partial charge in [0.15, 0.2) is 0 Å². The van der Waals surface area contributed by atoms with Gasteiger partial charge in [-0.3, -0.25) is 4.90 Å². The molecule has 0 spiro atoms. The maximum absolute atomic E-state index is 12.5. The normalized spacial score (nSPS) is 13.4. The number of fused-ring (bicyclic) bond motifs is 2. The molecule has 0 radical (unpaired) electrons. The van der Waals surface area contributed by atoms with Gasteiger partial charge in [-0.15, -0.1) is 0 Å². The number of H-pyrrole nitrogens is 2. The third kappa shape index (κ3) is 2.05. The van der Waals surface area contributed by atoms with Gasteiger partial charge in [0.2, 0.25) is 0 Å². The zero-order valence-electron chi connectivity index (χ0n) is 11.7. The number of anilines is 2. The number of nitrogens with one attached hydrogen (secondary N) is 3. The van der Waals surface area contributed by atoms with Crippen LogP contribution in [0, 0.1) is 0 Å². The molecule has 0 atom stereocenters. The summed E-state index contributed by atoms with van der Waals surface area (Å²) in [5.74, 6) is 0. The molecule has 1 aliphatic rings. The van der Waals surface area contributed by atoms with E-state index in [1.807, 2.05) is 24.3 Å². The molecule has 0 saturated carbocycles. The van der Waals surface area contributed by atoms with Crippen molar-refractivity contribution in [3.05, 3.63) is 58.5 Å². The maximum atomic E-state index is 12.5. The fourth-order valence-corrected chi connectivity index (χ4v) is 2.85. The standard InChI is InChI=1S/C16H14N4O2/c21-15-18-12-6-5-11(9-13(12)19-15)17-16(22)20-8-7-10-3-1-2-4-14(10)20/h1-6,9H,7-8H2,(H,17,22)(H2,18,19,21). The number of carbonyl (C=O) groups is 1. The number of aromatic nitrogens is 2. The van der Waals surface area contributed by atoms with Crippen molar-refractivity contribution >= 4 is 28.4 Å². The van der Waals surface area contributed by atoms with E-state index < -0.39 is 0 Å². The number of nitrogens with zero attached hydrogens (tertiary/aromatic N) is 1. The summed E-state index contributed by atoms with van der Waals surface area (Å²) in [5, 5.41) is 2.88. The number of benzene rings is 2. The Kier molecular flexibility index (Phi) is 2.75. The van der Waals surface area contributed by atoms with E-state index in [-0.39, 0.29) is 11.7 Å². The number of rotatable bonds is 1. The number of hydrogen-bond acceptors (Lipinski definition) is 2. The molecule has 0 saturated heterocycles. The van der Waals surface area contributed by atoms with Crippen LogP contribution in [-0.4, -0.2) is 22.5 Å². The van der Waals surface area contributed by atoms with E-state index in [9.17, 15) is 9.59 Å². The van der Waals surface area contributed by atoms with Gasteiger partial charge in [-0.05, 0) is 36.2 Å². The van der Waals surface area contributed by atoms with Crippen LogP contribution < -0.4 is 15.9 Å². The third-order valence-corrected chi connectivity index (χ3v) is 3.90. The summed E-state index contributed by atoms with van der Waals surface area (Å²) in [6.07, 6.45) is 0.869. The first-order chi connectivity index (χ1) is 10.7. The number of amides is 2. The fraction of sp³-hybridized carbons (Fsp3) is 0.125. The summed E-state index contributed by atoms with van der Waals surface area (Å²) in [6.45, 7) is 0.675. The average molecular weight is 294 g/mol. The quantitative estimate of drug-likeness (QED) is 0.644. The fourth-order valence-electron chi connectivity index (χ4n) is 2.85. The second kappa shape index (κ2) is 4.77. The Bertz CT molecular complexity index is 925. The molecule has 0 fully saturated rings. The molecule has 4 rings (SSSR count). The zero-order valence-corrected chi connectivity index (χ0v) is 11.7. The summed E-state index contributed by atoms with van der Waals surface area (Å²) in [5.41, 5.74) is 3.92. The number of para-hydroxylation sites is 1. The van der Waals surface area contributed by atoms with E-state index in [0.29, 0.717) is 17.7 Å². The third-order valence-electron chi connectivity index (χ3n) is 3.90. The molecule has 1 aliphatic heterocycles. The van der Waals surface area contributed by atoms with Crippen molar-refractivity contribution in [3.63, 3.8) is 0 Å². The summed E-state index contributed by atoms with van der Waals surface area (Å²) in [7, 11) is 0. The maximum Gasteiger partial charge on any atom is 0.326 e. The van der Waals surface area contributed by atoms with E-state index >= 15 is 0 Å². The molecule has 0 aliphatic carbocycles. The lowest BCUT2D eigenvalue weighted by Gasteiger charge is -2.18. The predicted molar refractivity (Wildman–Crippen MR) is 85.4 cm³/mol. The summed E-state index contributed by atoms with van der Waals surface area (Å²) in [4.78, 5) is 30.8. The Hall–Kier alpha value is -3.02. The number of aromatic amines is 2. The number of imidazole rings is 1. The molecule has 0 bridgehead atoms. The van der Waals surface area contributed by atoms with Crippen molar-refractivity contribution in [1.82, 2.24) is 9.97 Å². The van der Waals surface area contributed by atoms with Crippen LogP contribution in [0.1, 0.15) is 5.56 Å². The van der Waals surface area contributed by atoms with Gasteiger partial charge >= 0.3 is 11.7 Å². The lowest BCUT2D eigenvalue weighted by atomic mass is 10.2. The van der Waals surface area contributed by atoms with Gasteiger partial charge in [-0.2, -0.15) is 0 Å². The molecule has 3 N–H and O–H groups in total. The number of urea groups is 1. The first-order valence-electron chi connectivity index (χ1n) is 7.09. The molecule has 2 amide bonds. The monoisotopic (exact) mass is 294 g/mol. The van der Waals surface area contributed by atoms with Crippen LogP contribution in [0.25, 0.3) is 11.0 Å². The van der Waals surface area contributed by atoms with Gasteiger partial charge in [0.25, 0.3) is 0 Å². The highest BCUT2D eigenvalue weighted by molar-refractivity contribution is 6.03. The van der Waals surface area contributed by atoms with Gasteiger partial charge in [-0.1, -0.05) is 18.2 Å². The van der Waals surface area contributed by atoms with Crippen molar-refractivity contribution in [3.8, 4) is 0 Å². The Labute approximate surface area is 125 Å². The topological polar surface area (TPSA) is 81.0 Å². The first kappa shape index (κ1) is 12.7. The minimum atomic E-state index is -0.257. The van der Waals surface area contributed by atoms with Gasteiger partial charge in [0.1, 0.15) is 0 Å². The summed E-state index contributed by atoms with van der Waals surface area (Å²) in [6, 6.07) is 13.0. The minimum absolute atomic E-state index is 0.165. The Morgan fingerprint density at radius 1 is 1.09 bits per heavy atom. The van der Waals surface area contributed by atoms with E-state index in [1.54, 1.807) is 23.1 Å². The lowest BCUT2D eigenvalue weighted by Crippen LogP contribution is -2.33. The number of hydrogen-bond donors (Lipinski definition) is 3. The van der Waals surface area contributed by atoms with Crippen LogP contribution in [-0.2, 0) is 6.42 Å². The highest BCUT2D eigenvalue weighted by Gasteiger charge is 2.24. The predicted octanol–water partition coefficient (Wildman–Crippen LogP) is 2.45. The SMILES string of the molecule is O=C(Nc1ccc2[nH]c(=O)[nH]c2c1)N1CCc2ccccc21. The smallest absolute Gasteiger partial charge is 0.307 e. The van der Waals surface area contributed by atoms with Gasteiger partial charge in [0.05, 0.1) is 11.0 Å². The van der Waals surface area contributed by atoms with Crippen molar-refractivity contribution in [2.24, 2.45) is 0 Å². The molecular weight excluding hydrogens is 280 g/mol. The molecule has 0 unspecified atom stereocenters. The van der Waals surface area contributed by atoms with E-state index in [1.165, 1.54) is 5.56 Å². The Morgan fingerprint density at radius 3 is 2.82 bits per heavy atom. The summed E-state index contributed by atoms with van der Waals surface area (Å²) >= 11 is 0. The van der Waals surface area contributed by atoms with Crippen LogP contribution >= 0.6 is 0 Å². The molecule has 1 aromatic heterocycles. The highest BCUT2D eigenvalue weighted by atomic mass is 16.2. The molecule has 6 nitrogen and oxygen atoms in total. The van der Waals surface area contributed by atoms with Crippen LogP contribution in [0.4, 0.5) is 16.2 Å².